The zero-order chi connectivity index (χ0) is 22.0. The van der Waals surface area contributed by atoms with Gasteiger partial charge in [-0.2, -0.15) is 5.10 Å². The van der Waals surface area contributed by atoms with E-state index in [4.69, 9.17) is 0 Å². The molecule has 1 unspecified atom stereocenters. The summed E-state index contributed by atoms with van der Waals surface area (Å²) in [6.07, 6.45) is 0. The van der Waals surface area contributed by atoms with Gasteiger partial charge in [-0.15, -0.1) is 0 Å². The van der Waals surface area contributed by atoms with Crippen LogP contribution in [0, 0.1) is 13.8 Å². The van der Waals surface area contributed by atoms with Crippen LogP contribution in [0.15, 0.2) is 65.5 Å². The molecule has 3 aromatic rings. The van der Waals surface area contributed by atoms with Gasteiger partial charge >= 0.3 is 0 Å². The highest BCUT2D eigenvalue weighted by Gasteiger charge is 2.27. The summed E-state index contributed by atoms with van der Waals surface area (Å²) in [5.41, 5.74) is 4.90. The second kappa shape index (κ2) is 8.76. The summed E-state index contributed by atoms with van der Waals surface area (Å²) in [5.74, 6) is -0.0699. The molecule has 0 N–H and O–H groups in total. The van der Waals surface area contributed by atoms with Gasteiger partial charge in [-0.25, -0.2) is 4.68 Å². The fraction of sp³-hybridized carbons (Fsp3) is 0.320. The lowest BCUT2D eigenvalue weighted by Gasteiger charge is -2.37. The highest BCUT2D eigenvalue weighted by atomic mass is 16.2. The molecule has 1 amide bonds. The standard InChI is InChI=1S/C25H28N4O2/c1-18-7-9-21(10-8-18)23-11-12-24(30)29(26-23)20(3)25(31)28-15-13-27(14-16-28)22-6-4-5-19(2)17-22/h4-12,17,20H,13-16H2,1-3H3. The molecular weight excluding hydrogens is 388 g/mol. The maximum atomic E-state index is 13.1. The molecule has 1 atom stereocenters. The number of amides is 1. The quantitative estimate of drug-likeness (QED) is 0.654. The van der Waals surface area contributed by atoms with E-state index in [1.807, 2.05) is 36.1 Å². The van der Waals surface area contributed by atoms with Crippen LogP contribution in [0.1, 0.15) is 24.1 Å². The van der Waals surface area contributed by atoms with Gasteiger partial charge in [-0.3, -0.25) is 9.59 Å². The van der Waals surface area contributed by atoms with E-state index in [0.29, 0.717) is 18.8 Å². The van der Waals surface area contributed by atoms with Crippen LogP contribution in [0.4, 0.5) is 5.69 Å². The van der Waals surface area contributed by atoms with Crippen molar-refractivity contribution in [3.63, 3.8) is 0 Å². The number of benzene rings is 2. The molecule has 6 nitrogen and oxygen atoms in total. The van der Waals surface area contributed by atoms with Crippen molar-refractivity contribution in [2.75, 3.05) is 31.1 Å². The molecule has 6 heteroatoms. The number of aryl methyl sites for hydroxylation is 2. The van der Waals surface area contributed by atoms with Crippen molar-refractivity contribution >= 4 is 11.6 Å². The van der Waals surface area contributed by atoms with E-state index >= 15 is 0 Å². The Morgan fingerprint density at radius 1 is 0.903 bits per heavy atom. The van der Waals surface area contributed by atoms with Gasteiger partial charge in [0.2, 0.25) is 5.91 Å². The molecule has 31 heavy (non-hydrogen) atoms. The van der Waals surface area contributed by atoms with E-state index in [0.717, 1.165) is 24.2 Å². The predicted octanol–water partition coefficient (Wildman–Crippen LogP) is 3.44. The smallest absolute Gasteiger partial charge is 0.267 e. The lowest BCUT2D eigenvalue weighted by atomic mass is 10.1. The third-order valence-corrected chi connectivity index (χ3v) is 5.85. The fourth-order valence-electron chi connectivity index (χ4n) is 3.96. The first kappa shape index (κ1) is 20.8. The number of piperazine rings is 1. The van der Waals surface area contributed by atoms with E-state index in [1.54, 1.807) is 13.0 Å². The van der Waals surface area contributed by atoms with E-state index in [1.165, 1.54) is 22.0 Å². The van der Waals surface area contributed by atoms with Gasteiger partial charge in [-0.1, -0.05) is 42.0 Å². The minimum absolute atomic E-state index is 0.0699. The van der Waals surface area contributed by atoms with Crippen LogP contribution in [0.5, 0.6) is 0 Å². The van der Waals surface area contributed by atoms with Crippen molar-refractivity contribution in [3.8, 4) is 11.3 Å². The number of rotatable bonds is 4. The van der Waals surface area contributed by atoms with Crippen molar-refractivity contribution in [1.82, 2.24) is 14.7 Å². The summed E-state index contributed by atoms with van der Waals surface area (Å²) in [6, 6.07) is 18.9. The van der Waals surface area contributed by atoms with Crippen LogP contribution >= 0.6 is 0 Å². The average molecular weight is 417 g/mol. The molecule has 0 saturated carbocycles. The lowest BCUT2D eigenvalue weighted by Crippen LogP contribution is -2.51. The van der Waals surface area contributed by atoms with Crippen LogP contribution in [0.3, 0.4) is 0 Å². The van der Waals surface area contributed by atoms with Gasteiger partial charge in [0, 0.05) is 43.5 Å². The van der Waals surface area contributed by atoms with Crippen molar-refractivity contribution in [2.45, 2.75) is 26.8 Å². The maximum absolute atomic E-state index is 13.1. The number of nitrogens with zero attached hydrogens (tertiary/aromatic N) is 4. The lowest BCUT2D eigenvalue weighted by molar-refractivity contribution is -0.135. The summed E-state index contributed by atoms with van der Waals surface area (Å²) >= 11 is 0. The molecule has 2 heterocycles. The summed E-state index contributed by atoms with van der Waals surface area (Å²) in [5, 5.41) is 4.51. The van der Waals surface area contributed by atoms with E-state index in [2.05, 4.69) is 41.2 Å². The third kappa shape index (κ3) is 4.53. The predicted molar refractivity (Wildman–Crippen MR) is 123 cm³/mol. The molecular formula is C25H28N4O2. The van der Waals surface area contributed by atoms with Crippen LogP contribution in [0.25, 0.3) is 11.3 Å². The Balaban J connectivity index is 1.48. The number of carbonyl (C=O) groups is 1. The van der Waals surface area contributed by atoms with Gasteiger partial charge in [0.1, 0.15) is 6.04 Å². The Kier molecular flexibility index (Phi) is 5.89. The van der Waals surface area contributed by atoms with Crippen molar-refractivity contribution in [2.24, 2.45) is 0 Å². The third-order valence-electron chi connectivity index (χ3n) is 5.85. The number of hydrogen-bond donors (Lipinski definition) is 0. The zero-order valence-corrected chi connectivity index (χ0v) is 18.3. The molecule has 1 aromatic heterocycles. The Morgan fingerprint density at radius 2 is 1.61 bits per heavy atom. The molecule has 0 bridgehead atoms. The van der Waals surface area contributed by atoms with Gasteiger partial charge in [0.05, 0.1) is 5.69 Å². The van der Waals surface area contributed by atoms with Gasteiger partial charge < -0.3 is 9.80 Å². The first-order valence-electron chi connectivity index (χ1n) is 10.7. The van der Waals surface area contributed by atoms with E-state index < -0.39 is 6.04 Å². The topological polar surface area (TPSA) is 58.4 Å². The Morgan fingerprint density at radius 3 is 2.29 bits per heavy atom. The Hall–Kier alpha value is -3.41. The molecule has 0 spiro atoms. The van der Waals surface area contributed by atoms with Gasteiger partial charge in [0.25, 0.3) is 5.56 Å². The van der Waals surface area contributed by atoms with Crippen LogP contribution in [-0.2, 0) is 4.79 Å². The summed E-state index contributed by atoms with van der Waals surface area (Å²) in [4.78, 5) is 29.8. The zero-order valence-electron chi connectivity index (χ0n) is 18.3. The number of hydrogen-bond acceptors (Lipinski definition) is 4. The molecule has 4 rings (SSSR count). The Bertz CT molecular complexity index is 1130. The molecule has 1 fully saturated rings. The second-order valence-electron chi connectivity index (χ2n) is 8.19. The average Bonchev–Trinajstić information content (AvgIpc) is 2.79. The summed E-state index contributed by atoms with van der Waals surface area (Å²) in [7, 11) is 0. The highest BCUT2D eigenvalue weighted by Crippen LogP contribution is 2.20. The monoisotopic (exact) mass is 416 g/mol. The molecule has 0 aliphatic carbocycles. The largest absolute Gasteiger partial charge is 0.368 e. The molecule has 1 aliphatic rings. The molecule has 1 aliphatic heterocycles. The minimum Gasteiger partial charge on any atom is -0.368 e. The minimum atomic E-state index is -0.650. The number of anilines is 1. The van der Waals surface area contributed by atoms with Crippen LogP contribution in [0.2, 0.25) is 0 Å². The highest BCUT2D eigenvalue weighted by molar-refractivity contribution is 5.80. The van der Waals surface area contributed by atoms with Crippen molar-refractivity contribution in [3.05, 3.63) is 82.1 Å². The van der Waals surface area contributed by atoms with Gasteiger partial charge in [0.15, 0.2) is 0 Å². The molecule has 0 radical (unpaired) electrons. The molecule has 2 aromatic carbocycles. The summed E-state index contributed by atoms with van der Waals surface area (Å²) < 4.78 is 1.31. The second-order valence-corrected chi connectivity index (χ2v) is 8.19. The fourth-order valence-corrected chi connectivity index (χ4v) is 3.96. The van der Waals surface area contributed by atoms with Crippen molar-refractivity contribution < 1.29 is 4.79 Å². The van der Waals surface area contributed by atoms with E-state index in [9.17, 15) is 9.59 Å². The first-order valence-corrected chi connectivity index (χ1v) is 10.7. The number of aromatic nitrogens is 2. The normalized spacial score (nSPS) is 15.1. The van der Waals surface area contributed by atoms with Gasteiger partial charge in [-0.05, 0) is 44.5 Å². The number of carbonyl (C=O) groups excluding carboxylic acids is 1. The summed E-state index contributed by atoms with van der Waals surface area (Å²) in [6.45, 7) is 8.66. The van der Waals surface area contributed by atoms with Crippen LogP contribution < -0.4 is 10.5 Å². The first-order chi connectivity index (χ1) is 14.9. The van der Waals surface area contributed by atoms with Crippen LogP contribution in [-0.4, -0.2) is 46.8 Å². The maximum Gasteiger partial charge on any atom is 0.267 e. The molecule has 160 valence electrons. The van der Waals surface area contributed by atoms with E-state index in [-0.39, 0.29) is 11.5 Å². The molecule has 1 saturated heterocycles. The Labute approximate surface area is 182 Å². The SMILES string of the molecule is Cc1ccc(-c2ccc(=O)n(C(C)C(=O)N3CCN(c4cccc(C)c4)CC3)n2)cc1. The van der Waals surface area contributed by atoms with Crippen molar-refractivity contribution in [1.29, 1.82) is 0 Å².